The van der Waals surface area contributed by atoms with Crippen molar-refractivity contribution in [3.63, 3.8) is 0 Å². The maximum Gasteiger partial charge on any atom is 0.110 e. The molecule has 1 heterocycles. The number of halogens is 1. The summed E-state index contributed by atoms with van der Waals surface area (Å²) in [5, 5.41) is 0. The fraction of sp³-hybridized carbons (Fsp3) is 0.368. The molecule has 1 aliphatic rings. The Balaban J connectivity index is 0.00000176. The van der Waals surface area contributed by atoms with Gasteiger partial charge in [-0.15, -0.1) is 0 Å². The summed E-state index contributed by atoms with van der Waals surface area (Å²) in [5.41, 5.74) is 2.51. The predicted molar refractivity (Wildman–Crippen MR) is 91.9 cm³/mol. The molecule has 3 heteroatoms. The van der Waals surface area contributed by atoms with Crippen molar-refractivity contribution in [3.05, 3.63) is 71.8 Å². The third-order valence-corrected chi connectivity index (χ3v) is 5.98. The molecule has 0 aromatic heterocycles. The van der Waals surface area contributed by atoms with Crippen LogP contribution in [0, 0.1) is 0 Å². The van der Waals surface area contributed by atoms with Crippen LogP contribution in [0.4, 0.5) is 0 Å². The molecular weight excluding hydrogens is 403 g/mol. The SMILES string of the molecule is C[S+]1CCC(OC(c2ccccc2)c2ccccc2)CC1.[I-]. The molecule has 1 nitrogen and oxygen atoms in total. The van der Waals surface area contributed by atoms with Gasteiger partial charge in [0.2, 0.25) is 0 Å². The van der Waals surface area contributed by atoms with Gasteiger partial charge < -0.3 is 28.7 Å². The van der Waals surface area contributed by atoms with E-state index in [4.69, 9.17) is 4.74 Å². The number of rotatable bonds is 4. The molecule has 118 valence electrons. The standard InChI is InChI=1S/C19H23OS.HI/c1-21-14-12-18(13-15-21)20-19(16-8-4-2-5-9-16)17-10-6-3-7-11-17;/h2-11,18-19H,12-15H2,1H3;1H/q+1;/p-1. The molecule has 2 aromatic rings. The van der Waals surface area contributed by atoms with E-state index in [1.807, 2.05) is 0 Å². The summed E-state index contributed by atoms with van der Waals surface area (Å²) in [4.78, 5) is 0. The first kappa shape index (κ1) is 17.8. The van der Waals surface area contributed by atoms with E-state index in [-0.39, 0.29) is 30.1 Å². The molecule has 0 saturated carbocycles. The minimum absolute atomic E-state index is 0. The van der Waals surface area contributed by atoms with E-state index in [0.29, 0.717) is 17.0 Å². The molecule has 22 heavy (non-hydrogen) atoms. The van der Waals surface area contributed by atoms with E-state index >= 15 is 0 Å². The Bertz CT molecular complexity index is 498. The normalized spacial score (nSPS) is 21.4. The highest BCUT2D eigenvalue weighted by atomic mass is 127. The largest absolute Gasteiger partial charge is 1.00 e. The number of ether oxygens (including phenoxy) is 1. The highest BCUT2D eigenvalue weighted by Crippen LogP contribution is 2.30. The second-order valence-electron chi connectivity index (χ2n) is 5.73. The second kappa shape index (κ2) is 8.94. The predicted octanol–water partition coefficient (Wildman–Crippen LogP) is 1.21. The first-order chi connectivity index (χ1) is 10.3. The number of hydrogen-bond acceptors (Lipinski definition) is 1. The lowest BCUT2D eigenvalue weighted by Gasteiger charge is -2.27. The fourth-order valence-electron chi connectivity index (χ4n) is 2.85. The smallest absolute Gasteiger partial charge is 0.110 e. The molecule has 1 aliphatic heterocycles. The maximum absolute atomic E-state index is 6.52. The van der Waals surface area contributed by atoms with Crippen LogP contribution in [0.1, 0.15) is 30.1 Å². The van der Waals surface area contributed by atoms with Crippen LogP contribution in [0.25, 0.3) is 0 Å². The van der Waals surface area contributed by atoms with Gasteiger partial charge in [0.1, 0.15) is 17.6 Å². The van der Waals surface area contributed by atoms with Crippen molar-refractivity contribution < 1.29 is 28.7 Å². The first-order valence-electron chi connectivity index (χ1n) is 7.67. The van der Waals surface area contributed by atoms with Crippen molar-refractivity contribution in [1.82, 2.24) is 0 Å². The lowest BCUT2D eigenvalue weighted by molar-refractivity contribution is -0.0000341. The van der Waals surface area contributed by atoms with Crippen molar-refractivity contribution in [2.24, 2.45) is 0 Å². The second-order valence-corrected chi connectivity index (χ2v) is 8.11. The van der Waals surface area contributed by atoms with Gasteiger partial charge in [0.25, 0.3) is 0 Å². The van der Waals surface area contributed by atoms with E-state index in [1.54, 1.807) is 0 Å². The zero-order chi connectivity index (χ0) is 14.5. The quantitative estimate of drug-likeness (QED) is 0.528. The number of benzene rings is 2. The Labute approximate surface area is 153 Å². The van der Waals surface area contributed by atoms with Crippen LogP contribution in [0.5, 0.6) is 0 Å². The molecule has 2 aromatic carbocycles. The molecule has 0 N–H and O–H groups in total. The topological polar surface area (TPSA) is 9.23 Å². The van der Waals surface area contributed by atoms with Crippen LogP contribution in [-0.2, 0) is 15.6 Å². The van der Waals surface area contributed by atoms with Crippen LogP contribution in [0.15, 0.2) is 60.7 Å². The monoisotopic (exact) mass is 426 g/mol. The molecule has 3 rings (SSSR count). The molecule has 0 radical (unpaired) electrons. The van der Waals surface area contributed by atoms with Gasteiger partial charge in [0, 0.05) is 12.8 Å². The van der Waals surface area contributed by atoms with Crippen LogP contribution in [-0.4, -0.2) is 23.9 Å². The molecule has 1 fully saturated rings. The van der Waals surface area contributed by atoms with Gasteiger partial charge >= 0.3 is 0 Å². The van der Waals surface area contributed by atoms with Crippen LogP contribution in [0.2, 0.25) is 0 Å². The van der Waals surface area contributed by atoms with Crippen LogP contribution < -0.4 is 24.0 Å². The third-order valence-electron chi connectivity index (χ3n) is 4.11. The minimum Gasteiger partial charge on any atom is -1.00 e. The molecule has 0 atom stereocenters. The van der Waals surface area contributed by atoms with Crippen molar-refractivity contribution in [3.8, 4) is 0 Å². The Morgan fingerprint density at radius 2 is 1.32 bits per heavy atom. The van der Waals surface area contributed by atoms with Crippen LogP contribution in [0.3, 0.4) is 0 Å². The van der Waals surface area contributed by atoms with Gasteiger partial charge in [-0.2, -0.15) is 0 Å². The Morgan fingerprint density at radius 3 is 1.77 bits per heavy atom. The molecule has 0 amide bonds. The van der Waals surface area contributed by atoms with Crippen molar-refractivity contribution in [2.75, 3.05) is 17.8 Å². The Hall–Kier alpha value is -0.520. The summed E-state index contributed by atoms with van der Waals surface area (Å²) in [6, 6.07) is 21.2. The third kappa shape index (κ3) is 4.74. The Morgan fingerprint density at radius 1 is 0.864 bits per heavy atom. The Kier molecular flexibility index (Phi) is 7.25. The molecule has 0 bridgehead atoms. The average Bonchev–Trinajstić information content (AvgIpc) is 2.56. The molecular formula is C19H23IOS. The molecule has 0 unspecified atom stereocenters. The van der Waals surface area contributed by atoms with E-state index in [0.717, 1.165) is 0 Å². The molecule has 0 spiro atoms. The van der Waals surface area contributed by atoms with E-state index in [9.17, 15) is 0 Å². The van der Waals surface area contributed by atoms with Gasteiger partial charge in [-0.05, 0) is 22.0 Å². The van der Waals surface area contributed by atoms with Crippen LogP contribution >= 0.6 is 0 Å². The highest BCUT2D eigenvalue weighted by molar-refractivity contribution is 7.96. The molecule has 0 aliphatic carbocycles. The summed E-state index contributed by atoms with van der Waals surface area (Å²) in [6.45, 7) is 0. The summed E-state index contributed by atoms with van der Waals surface area (Å²) >= 11 is 0. The van der Waals surface area contributed by atoms with Gasteiger partial charge in [-0.25, -0.2) is 0 Å². The van der Waals surface area contributed by atoms with Gasteiger partial charge in [-0.1, -0.05) is 60.7 Å². The summed E-state index contributed by atoms with van der Waals surface area (Å²) in [6.07, 6.45) is 5.25. The first-order valence-corrected chi connectivity index (χ1v) is 9.64. The summed E-state index contributed by atoms with van der Waals surface area (Å²) in [5.74, 6) is 2.64. The molecule has 1 saturated heterocycles. The van der Waals surface area contributed by atoms with E-state index in [1.165, 1.54) is 35.5 Å². The van der Waals surface area contributed by atoms with E-state index in [2.05, 4.69) is 66.9 Å². The van der Waals surface area contributed by atoms with Crippen molar-refractivity contribution >= 4 is 10.9 Å². The van der Waals surface area contributed by atoms with Crippen molar-refractivity contribution in [1.29, 1.82) is 0 Å². The highest BCUT2D eigenvalue weighted by Gasteiger charge is 2.28. The zero-order valence-electron chi connectivity index (χ0n) is 13.0. The maximum atomic E-state index is 6.52. The lowest BCUT2D eigenvalue weighted by atomic mass is 10.0. The van der Waals surface area contributed by atoms with E-state index < -0.39 is 0 Å². The van der Waals surface area contributed by atoms with Gasteiger partial charge in [-0.3, -0.25) is 0 Å². The summed E-state index contributed by atoms with van der Waals surface area (Å²) < 4.78 is 6.52. The van der Waals surface area contributed by atoms with Gasteiger partial charge in [0.05, 0.1) is 12.4 Å². The fourth-order valence-corrected chi connectivity index (χ4v) is 4.38. The van der Waals surface area contributed by atoms with Gasteiger partial charge in [0.15, 0.2) is 0 Å². The average molecular weight is 426 g/mol. The lowest BCUT2D eigenvalue weighted by Crippen LogP contribution is -3.00. The van der Waals surface area contributed by atoms with Crippen molar-refractivity contribution in [2.45, 2.75) is 25.0 Å². The zero-order valence-corrected chi connectivity index (χ0v) is 15.9. The summed E-state index contributed by atoms with van der Waals surface area (Å²) in [7, 11) is 0.605. The minimum atomic E-state index is 0. The number of hydrogen-bond donors (Lipinski definition) is 0.